The van der Waals surface area contributed by atoms with Crippen molar-refractivity contribution >= 4 is 22.4 Å². The summed E-state index contributed by atoms with van der Waals surface area (Å²) < 4.78 is 0. The molecule has 3 rings (SSSR count). The van der Waals surface area contributed by atoms with Crippen LogP contribution in [0.15, 0.2) is 66.9 Å². The summed E-state index contributed by atoms with van der Waals surface area (Å²) in [6.45, 7) is 0.334. The number of nitrogens with one attached hydrogen (secondary N) is 1. The third kappa shape index (κ3) is 3.26. The molecule has 21 heavy (non-hydrogen) atoms. The predicted molar refractivity (Wildman–Crippen MR) is 85.4 cm³/mol. The van der Waals surface area contributed by atoms with Gasteiger partial charge in [0.1, 0.15) is 0 Å². The van der Waals surface area contributed by atoms with Crippen LogP contribution in [0.3, 0.4) is 0 Å². The molecule has 0 aliphatic heterocycles. The SMILES string of the molecule is O=C(CNc1ccccc1)Cc1ccnc2ccccc12. The fraction of sp³-hybridized carbons (Fsp3) is 0.111. The third-order valence-corrected chi connectivity index (χ3v) is 3.39. The molecule has 0 saturated heterocycles. The number of benzene rings is 2. The number of ketones is 1. The fourth-order valence-corrected chi connectivity index (χ4v) is 2.34. The van der Waals surface area contributed by atoms with E-state index >= 15 is 0 Å². The standard InChI is InChI=1S/C18H16N2O/c21-16(13-20-15-6-2-1-3-7-15)12-14-10-11-19-18-9-5-4-8-17(14)18/h1-11,20H,12-13H2. The first kappa shape index (κ1) is 13.3. The molecule has 3 aromatic rings. The summed E-state index contributed by atoms with van der Waals surface area (Å²) in [4.78, 5) is 16.5. The second-order valence-electron chi connectivity index (χ2n) is 4.92. The Morgan fingerprint density at radius 2 is 1.71 bits per heavy atom. The number of hydrogen-bond donors (Lipinski definition) is 1. The monoisotopic (exact) mass is 276 g/mol. The van der Waals surface area contributed by atoms with Gasteiger partial charge in [0.15, 0.2) is 5.78 Å². The van der Waals surface area contributed by atoms with Crippen molar-refractivity contribution in [3.8, 4) is 0 Å². The molecular formula is C18H16N2O. The predicted octanol–water partition coefficient (Wildman–Crippen LogP) is 3.46. The molecule has 0 aliphatic carbocycles. The van der Waals surface area contributed by atoms with Gasteiger partial charge in [-0.3, -0.25) is 9.78 Å². The first-order valence-corrected chi connectivity index (χ1v) is 6.96. The van der Waals surface area contributed by atoms with Crippen LogP contribution < -0.4 is 5.32 Å². The summed E-state index contributed by atoms with van der Waals surface area (Å²) in [7, 11) is 0. The zero-order valence-electron chi connectivity index (χ0n) is 11.6. The maximum absolute atomic E-state index is 12.1. The molecule has 0 spiro atoms. The van der Waals surface area contributed by atoms with Gasteiger partial charge in [0.25, 0.3) is 0 Å². The second kappa shape index (κ2) is 6.18. The lowest BCUT2D eigenvalue weighted by atomic mass is 10.0. The molecule has 0 aliphatic rings. The van der Waals surface area contributed by atoms with Gasteiger partial charge in [-0.25, -0.2) is 0 Å². The summed E-state index contributed by atoms with van der Waals surface area (Å²) >= 11 is 0. The van der Waals surface area contributed by atoms with Crippen LogP contribution in [-0.4, -0.2) is 17.3 Å². The van der Waals surface area contributed by atoms with E-state index in [0.717, 1.165) is 22.2 Å². The number of Topliss-reactive ketones (excluding diaryl/α,β-unsaturated/α-hetero) is 1. The Bertz CT molecular complexity index is 748. The van der Waals surface area contributed by atoms with Crippen LogP contribution in [0.25, 0.3) is 10.9 Å². The highest BCUT2D eigenvalue weighted by Gasteiger charge is 2.07. The Kier molecular flexibility index (Phi) is 3.92. The van der Waals surface area contributed by atoms with Crippen molar-refractivity contribution in [2.45, 2.75) is 6.42 Å². The number of nitrogens with zero attached hydrogens (tertiary/aromatic N) is 1. The number of anilines is 1. The van der Waals surface area contributed by atoms with Gasteiger partial charge >= 0.3 is 0 Å². The highest BCUT2D eigenvalue weighted by molar-refractivity contribution is 5.90. The van der Waals surface area contributed by atoms with Crippen LogP contribution in [0.2, 0.25) is 0 Å². The zero-order valence-corrected chi connectivity index (χ0v) is 11.6. The number of pyridine rings is 1. The zero-order chi connectivity index (χ0) is 14.5. The molecule has 0 saturated carbocycles. The van der Waals surface area contributed by atoms with Crippen molar-refractivity contribution in [3.05, 3.63) is 72.4 Å². The molecule has 0 amide bonds. The third-order valence-electron chi connectivity index (χ3n) is 3.39. The molecular weight excluding hydrogens is 260 g/mol. The quantitative estimate of drug-likeness (QED) is 0.776. The van der Waals surface area contributed by atoms with Crippen molar-refractivity contribution < 1.29 is 4.79 Å². The molecule has 104 valence electrons. The topological polar surface area (TPSA) is 42.0 Å². The average molecular weight is 276 g/mol. The Balaban J connectivity index is 1.69. The first-order valence-electron chi connectivity index (χ1n) is 6.96. The van der Waals surface area contributed by atoms with Gasteiger partial charge in [-0.05, 0) is 29.8 Å². The second-order valence-corrected chi connectivity index (χ2v) is 4.92. The van der Waals surface area contributed by atoms with Gasteiger partial charge in [0.05, 0.1) is 12.1 Å². The van der Waals surface area contributed by atoms with Crippen molar-refractivity contribution in [3.63, 3.8) is 0 Å². The smallest absolute Gasteiger partial charge is 0.156 e. The number of rotatable bonds is 5. The van der Waals surface area contributed by atoms with Crippen LogP contribution in [-0.2, 0) is 11.2 Å². The van der Waals surface area contributed by atoms with E-state index in [-0.39, 0.29) is 5.78 Å². The minimum Gasteiger partial charge on any atom is -0.378 e. The average Bonchev–Trinajstić information content (AvgIpc) is 2.54. The van der Waals surface area contributed by atoms with Gasteiger partial charge in [-0.15, -0.1) is 0 Å². The molecule has 2 aromatic carbocycles. The van der Waals surface area contributed by atoms with Crippen molar-refractivity contribution in [2.75, 3.05) is 11.9 Å². The van der Waals surface area contributed by atoms with Gasteiger partial charge < -0.3 is 5.32 Å². The number of carbonyl (C=O) groups is 1. The number of carbonyl (C=O) groups excluding carboxylic acids is 1. The van der Waals surface area contributed by atoms with E-state index in [1.54, 1.807) is 6.20 Å². The van der Waals surface area contributed by atoms with Gasteiger partial charge in [0.2, 0.25) is 0 Å². The number of fused-ring (bicyclic) bond motifs is 1. The largest absolute Gasteiger partial charge is 0.378 e. The lowest BCUT2D eigenvalue weighted by Gasteiger charge is -2.07. The Morgan fingerprint density at radius 1 is 0.952 bits per heavy atom. The number of aromatic nitrogens is 1. The molecule has 3 nitrogen and oxygen atoms in total. The molecule has 1 N–H and O–H groups in total. The molecule has 0 atom stereocenters. The van der Waals surface area contributed by atoms with E-state index in [9.17, 15) is 4.79 Å². The van der Waals surface area contributed by atoms with Crippen LogP contribution in [0.4, 0.5) is 5.69 Å². The molecule has 1 heterocycles. The molecule has 1 aromatic heterocycles. The summed E-state index contributed by atoms with van der Waals surface area (Å²) in [5.74, 6) is 0.162. The van der Waals surface area contributed by atoms with Crippen molar-refractivity contribution in [2.24, 2.45) is 0 Å². The number of hydrogen-bond acceptors (Lipinski definition) is 3. The highest BCUT2D eigenvalue weighted by atomic mass is 16.1. The van der Waals surface area contributed by atoms with Crippen LogP contribution in [0.1, 0.15) is 5.56 Å². The van der Waals surface area contributed by atoms with E-state index < -0.39 is 0 Å². The lowest BCUT2D eigenvalue weighted by Crippen LogP contribution is -2.16. The van der Waals surface area contributed by atoms with Gasteiger partial charge in [0, 0.05) is 23.7 Å². The lowest BCUT2D eigenvalue weighted by molar-refractivity contribution is -0.116. The molecule has 0 unspecified atom stereocenters. The van der Waals surface area contributed by atoms with E-state index in [1.807, 2.05) is 60.7 Å². The molecule has 0 bridgehead atoms. The molecule has 3 heteroatoms. The Labute approximate surface area is 123 Å². The normalized spacial score (nSPS) is 10.5. The highest BCUT2D eigenvalue weighted by Crippen LogP contribution is 2.16. The maximum atomic E-state index is 12.1. The van der Waals surface area contributed by atoms with Crippen molar-refractivity contribution in [1.29, 1.82) is 0 Å². The van der Waals surface area contributed by atoms with Crippen molar-refractivity contribution in [1.82, 2.24) is 4.98 Å². The summed E-state index contributed by atoms with van der Waals surface area (Å²) in [5, 5.41) is 4.20. The molecule has 0 radical (unpaired) electrons. The van der Waals surface area contributed by atoms with Gasteiger partial charge in [-0.1, -0.05) is 36.4 Å². The minimum absolute atomic E-state index is 0.162. The first-order chi connectivity index (χ1) is 10.3. The Hall–Kier alpha value is -2.68. The van der Waals surface area contributed by atoms with E-state index in [1.165, 1.54) is 0 Å². The maximum Gasteiger partial charge on any atom is 0.156 e. The van der Waals surface area contributed by atoms with Crippen LogP contribution >= 0.6 is 0 Å². The minimum atomic E-state index is 0.162. The molecule has 0 fully saturated rings. The van der Waals surface area contributed by atoms with E-state index in [4.69, 9.17) is 0 Å². The van der Waals surface area contributed by atoms with Crippen LogP contribution in [0, 0.1) is 0 Å². The number of para-hydroxylation sites is 2. The van der Waals surface area contributed by atoms with Crippen LogP contribution in [0.5, 0.6) is 0 Å². The fourth-order valence-electron chi connectivity index (χ4n) is 2.34. The Morgan fingerprint density at radius 3 is 2.57 bits per heavy atom. The summed E-state index contributed by atoms with van der Waals surface area (Å²) in [5.41, 5.74) is 2.92. The van der Waals surface area contributed by atoms with Gasteiger partial charge in [-0.2, -0.15) is 0 Å². The summed E-state index contributed by atoms with van der Waals surface area (Å²) in [6.07, 6.45) is 2.18. The van der Waals surface area contributed by atoms with E-state index in [0.29, 0.717) is 13.0 Å². The summed E-state index contributed by atoms with van der Waals surface area (Å²) in [6, 6.07) is 19.6. The van der Waals surface area contributed by atoms with E-state index in [2.05, 4.69) is 10.3 Å².